The normalized spacial score (nSPS) is 23.1. The van der Waals surface area contributed by atoms with Gasteiger partial charge in [-0.1, -0.05) is 17.8 Å². The first kappa shape index (κ1) is 13.1. The largest absolute Gasteiger partial charge is 0.358 e. The lowest BCUT2D eigenvalue weighted by Crippen LogP contribution is -2.29. The zero-order valence-electron chi connectivity index (χ0n) is 10.3. The van der Waals surface area contributed by atoms with Gasteiger partial charge in [-0.3, -0.25) is 0 Å². The molecule has 0 saturated heterocycles. The van der Waals surface area contributed by atoms with Gasteiger partial charge in [0.1, 0.15) is 5.82 Å². The summed E-state index contributed by atoms with van der Waals surface area (Å²) < 4.78 is 14.0. The summed E-state index contributed by atoms with van der Waals surface area (Å²) in [4.78, 5) is 7.22. The Hall–Kier alpha value is -0.910. The number of anilines is 1. The number of halogens is 2. The van der Waals surface area contributed by atoms with E-state index in [9.17, 15) is 4.39 Å². The lowest BCUT2D eigenvalue weighted by molar-refractivity contribution is 0.501. The average molecular weight is 300 g/mol. The fraction of sp³-hybridized carbons (Fsp3) is 0.462. The number of benzene rings is 1. The van der Waals surface area contributed by atoms with Crippen molar-refractivity contribution in [3.63, 3.8) is 0 Å². The van der Waals surface area contributed by atoms with Crippen LogP contribution in [0.1, 0.15) is 19.3 Å². The van der Waals surface area contributed by atoms with Gasteiger partial charge in [-0.25, -0.2) is 14.2 Å². The van der Waals surface area contributed by atoms with Gasteiger partial charge in [0.05, 0.1) is 10.2 Å². The number of fused-ring (bicyclic) bond motifs is 1. The third-order valence-corrected chi connectivity index (χ3v) is 4.76. The van der Waals surface area contributed by atoms with Gasteiger partial charge in [0.25, 0.3) is 0 Å². The number of hydrogen-bond acceptors (Lipinski definition) is 4. The molecule has 2 atom stereocenters. The molecule has 0 bridgehead atoms. The highest BCUT2D eigenvalue weighted by Crippen LogP contribution is 2.32. The Bertz CT molecular complexity index is 574. The Balaban J connectivity index is 1.77. The minimum Gasteiger partial charge on any atom is -0.358 e. The van der Waals surface area contributed by atoms with Gasteiger partial charge in [0, 0.05) is 12.6 Å². The van der Waals surface area contributed by atoms with Crippen molar-refractivity contribution < 1.29 is 4.39 Å². The molecule has 0 aliphatic heterocycles. The number of aromatic nitrogens is 1. The maximum atomic E-state index is 13.1. The van der Waals surface area contributed by atoms with Crippen molar-refractivity contribution >= 4 is 38.5 Å². The summed E-state index contributed by atoms with van der Waals surface area (Å²) in [5.74, 6) is 0.314. The van der Waals surface area contributed by atoms with Gasteiger partial charge in [-0.05, 0) is 48.7 Å². The van der Waals surface area contributed by atoms with E-state index in [1.165, 1.54) is 36.3 Å². The molecule has 1 fully saturated rings. The molecular weight excluding hydrogens is 285 g/mol. The molecule has 0 unspecified atom stereocenters. The van der Waals surface area contributed by atoms with Crippen molar-refractivity contribution in [2.45, 2.75) is 25.3 Å². The van der Waals surface area contributed by atoms with Crippen molar-refractivity contribution in [3.05, 3.63) is 24.0 Å². The highest BCUT2D eigenvalue weighted by atomic mass is 35.5. The molecule has 3 nitrogen and oxygen atoms in total. The first-order valence-electron chi connectivity index (χ1n) is 6.42. The minimum absolute atomic E-state index is 0.215. The van der Waals surface area contributed by atoms with Crippen LogP contribution < -0.4 is 10.2 Å². The summed E-state index contributed by atoms with van der Waals surface area (Å²) in [7, 11) is 0. The van der Waals surface area contributed by atoms with Gasteiger partial charge in [0.15, 0.2) is 5.13 Å². The van der Waals surface area contributed by atoms with Crippen molar-refractivity contribution in [2.75, 3.05) is 11.9 Å². The fourth-order valence-corrected chi connectivity index (χ4v) is 3.84. The van der Waals surface area contributed by atoms with E-state index in [4.69, 9.17) is 11.8 Å². The predicted octanol–water partition coefficient (Wildman–Crippen LogP) is 3.76. The smallest absolute Gasteiger partial charge is 0.184 e. The molecule has 2 N–H and O–H groups in total. The second-order valence-electron chi connectivity index (χ2n) is 4.91. The van der Waals surface area contributed by atoms with Crippen molar-refractivity contribution in [2.24, 2.45) is 5.92 Å². The van der Waals surface area contributed by atoms with E-state index >= 15 is 0 Å². The molecule has 1 saturated carbocycles. The molecule has 0 spiro atoms. The molecule has 1 aromatic heterocycles. The lowest BCUT2D eigenvalue weighted by atomic mass is 10.0. The van der Waals surface area contributed by atoms with Crippen LogP contribution in [0.25, 0.3) is 10.2 Å². The van der Waals surface area contributed by atoms with E-state index in [-0.39, 0.29) is 5.82 Å². The highest BCUT2D eigenvalue weighted by molar-refractivity contribution is 7.22. The number of rotatable bonds is 4. The van der Waals surface area contributed by atoms with Gasteiger partial charge >= 0.3 is 0 Å². The monoisotopic (exact) mass is 299 g/mol. The van der Waals surface area contributed by atoms with Crippen LogP contribution in [0.3, 0.4) is 0 Å². The third kappa shape index (κ3) is 2.83. The molecule has 2 aromatic rings. The van der Waals surface area contributed by atoms with E-state index in [0.29, 0.717) is 12.0 Å². The van der Waals surface area contributed by atoms with E-state index in [1.54, 1.807) is 6.07 Å². The first-order chi connectivity index (χ1) is 9.26. The Morgan fingerprint density at radius 2 is 2.32 bits per heavy atom. The quantitative estimate of drug-likeness (QED) is 0.844. The molecule has 3 rings (SSSR count). The molecule has 0 amide bonds. The summed E-state index contributed by atoms with van der Waals surface area (Å²) in [6.07, 6.45) is 3.52. The molecule has 0 radical (unpaired) electrons. The van der Waals surface area contributed by atoms with E-state index in [0.717, 1.165) is 28.3 Å². The van der Waals surface area contributed by atoms with Crippen LogP contribution >= 0.6 is 23.1 Å². The maximum absolute atomic E-state index is 13.1. The highest BCUT2D eigenvalue weighted by Gasteiger charge is 2.27. The summed E-state index contributed by atoms with van der Waals surface area (Å²) in [6.45, 7) is 0.804. The molecule has 1 aromatic carbocycles. The van der Waals surface area contributed by atoms with Crippen LogP contribution in [-0.4, -0.2) is 17.6 Å². The number of thiazole rings is 1. The molecule has 19 heavy (non-hydrogen) atoms. The Labute approximate surface area is 120 Å². The van der Waals surface area contributed by atoms with Gasteiger partial charge in [-0.15, -0.1) is 0 Å². The van der Waals surface area contributed by atoms with E-state index < -0.39 is 0 Å². The summed E-state index contributed by atoms with van der Waals surface area (Å²) >= 11 is 7.10. The van der Waals surface area contributed by atoms with Gasteiger partial charge in [0.2, 0.25) is 0 Å². The zero-order chi connectivity index (χ0) is 13.2. The van der Waals surface area contributed by atoms with Crippen molar-refractivity contribution in [1.29, 1.82) is 0 Å². The number of nitrogens with zero attached hydrogens (tertiary/aromatic N) is 1. The summed E-state index contributed by atoms with van der Waals surface area (Å²) in [5.41, 5.74) is 0.846. The molecule has 1 aliphatic rings. The van der Waals surface area contributed by atoms with Crippen LogP contribution in [0.4, 0.5) is 9.52 Å². The SMILES string of the molecule is Fc1ccc2nc(N[C@H]3CCC[C@@H]3CNCl)sc2c1. The number of hydrogen-bond donors (Lipinski definition) is 2. The molecule has 1 heterocycles. The van der Waals surface area contributed by atoms with Crippen LogP contribution in [0.5, 0.6) is 0 Å². The predicted molar refractivity (Wildman–Crippen MR) is 78.2 cm³/mol. The first-order valence-corrected chi connectivity index (χ1v) is 7.62. The van der Waals surface area contributed by atoms with Crippen LogP contribution in [-0.2, 0) is 0 Å². The third-order valence-electron chi connectivity index (χ3n) is 3.66. The molecular formula is C13H15ClFN3S. The summed E-state index contributed by atoms with van der Waals surface area (Å²) in [5, 5.41) is 4.34. The van der Waals surface area contributed by atoms with Gasteiger partial charge < -0.3 is 5.32 Å². The lowest BCUT2D eigenvalue weighted by Gasteiger charge is -2.19. The number of nitrogens with one attached hydrogen (secondary N) is 2. The Morgan fingerprint density at radius 1 is 1.42 bits per heavy atom. The Kier molecular flexibility index (Phi) is 3.86. The van der Waals surface area contributed by atoms with Crippen molar-refractivity contribution in [1.82, 2.24) is 9.82 Å². The van der Waals surface area contributed by atoms with Crippen LogP contribution in [0.2, 0.25) is 0 Å². The standard InChI is InChI=1S/C13H15ClFN3S/c14-16-7-8-2-1-3-10(8)17-13-18-11-5-4-9(15)6-12(11)19-13/h4-6,8,10,16H,1-3,7H2,(H,17,18)/t8-,10+/m1/s1. The molecule has 1 aliphatic carbocycles. The fourth-order valence-electron chi connectivity index (χ4n) is 2.69. The van der Waals surface area contributed by atoms with Crippen LogP contribution in [0.15, 0.2) is 18.2 Å². The molecule has 6 heteroatoms. The second-order valence-corrected chi connectivity index (χ2v) is 6.21. The van der Waals surface area contributed by atoms with Crippen LogP contribution in [0, 0.1) is 11.7 Å². The minimum atomic E-state index is -0.215. The van der Waals surface area contributed by atoms with Crippen molar-refractivity contribution in [3.8, 4) is 0 Å². The zero-order valence-corrected chi connectivity index (χ0v) is 11.9. The van der Waals surface area contributed by atoms with E-state index in [2.05, 4.69) is 15.1 Å². The second kappa shape index (κ2) is 5.61. The van der Waals surface area contributed by atoms with E-state index in [1.807, 2.05) is 0 Å². The molecule has 102 valence electrons. The Morgan fingerprint density at radius 3 is 3.16 bits per heavy atom. The summed E-state index contributed by atoms with van der Waals surface area (Å²) in [6, 6.07) is 5.10. The average Bonchev–Trinajstić information content (AvgIpc) is 2.97. The van der Waals surface area contributed by atoms with Gasteiger partial charge in [-0.2, -0.15) is 0 Å². The maximum Gasteiger partial charge on any atom is 0.184 e. The topological polar surface area (TPSA) is 37.0 Å².